The van der Waals surface area contributed by atoms with Gasteiger partial charge in [-0.3, -0.25) is 4.98 Å². The molecular weight excluding hydrogens is 226 g/mol. The van der Waals surface area contributed by atoms with Crippen LogP contribution >= 0.6 is 11.3 Å². The topological polar surface area (TPSA) is 30.0 Å². The van der Waals surface area contributed by atoms with E-state index in [-0.39, 0.29) is 0 Å². The molecule has 0 spiro atoms. The van der Waals surface area contributed by atoms with E-state index in [1.165, 1.54) is 0 Å². The van der Waals surface area contributed by atoms with Crippen LogP contribution in [0.2, 0.25) is 0 Å². The number of pyridine rings is 1. The fourth-order valence-corrected chi connectivity index (χ4v) is 2.50. The van der Waals surface area contributed by atoms with Crippen molar-refractivity contribution in [3.05, 3.63) is 52.3 Å². The zero-order valence-corrected chi connectivity index (χ0v) is 9.50. The number of thiophene rings is 1. The van der Waals surface area contributed by atoms with Gasteiger partial charge in [0.2, 0.25) is 0 Å². The lowest BCUT2D eigenvalue weighted by Gasteiger charge is -1.93. The van der Waals surface area contributed by atoms with Gasteiger partial charge in [0, 0.05) is 17.8 Å². The molecule has 0 amide bonds. The van der Waals surface area contributed by atoms with Crippen molar-refractivity contribution in [2.45, 2.75) is 4.90 Å². The zero-order valence-electron chi connectivity index (χ0n) is 7.87. The van der Waals surface area contributed by atoms with Gasteiger partial charge in [-0.2, -0.15) is 11.3 Å². The summed E-state index contributed by atoms with van der Waals surface area (Å²) < 4.78 is 11.7. The van der Waals surface area contributed by atoms with E-state index in [0.717, 1.165) is 10.5 Å². The number of nitrogens with zero attached hydrogens (tertiary/aromatic N) is 1. The van der Waals surface area contributed by atoms with E-state index in [0.29, 0.717) is 0 Å². The molecule has 1 atom stereocenters. The van der Waals surface area contributed by atoms with E-state index in [4.69, 9.17) is 0 Å². The molecule has 0 aliphatic rings. The van der Waals surface area contributed by atoms with Crippen molar-refractivity contribution in [3.8, 4) is 0 Å². The number of hydrogen-bond acceptors (Lipinski definition) is 3. The highest BCUT2D eigenvalue weighted by Gasteiger charge is 1.97. The van der Waals surface area contributed by atoms with Crippen LogP contribution in [0.5, 0.6) is 0 Å². The van der Waals surface area contributed by atoms with Crippen LogP contribution in [-0.4, -0.2) is 9.19 Å². The van der Waals surface area contributed by atoms with E-state index < -0.39 is 10.8 Å². The minimum absolute atomic E-state index is 0.726. The monoisotopic (exact) mass is 235 g/mol. The van der Waals surface area contributed by atoms with Crippen LogP contribution in [0.15, 0.2) is 51.7 Å². The molecule has 0 aliphatic carbocycles. The van der Waals surface area contributed by atoms with Crippen molar-refractivity contribution >= 4 is 28.2 Å². The summed E-state index contributed by atoms with van der Waals surface area (Å²) in [6.45, 7) is 0. The Kier molecular flexibility index (Phi) is 3.42. The molecule has 2 aromatic rings. The van der Waals surface area contributed by atoms with Gasteiger partial charge < -0.3 is 0 Å². The smallest absolute Gasteiger partial charge is 0.0791 e. The molecule has 76 valence electrons. The van der Waals surface area contributed by atoms with Gasteiger partial charge in [-0.05, 0) is 40.6 Å². The van der Waals surface area contributed by atoms with E-state index in [1.54, 1.807) is 41.3 Å². The Morgan fingerprint density at radius 1 is 1.40 bits per heavy atom. The normalized spacial score (nSPS) is 13.1. The molecule has 4 heteroatoms. The van der Waals surface area contributed by atoms with Crippen LogP contribution < -0.4 is 0 Å². The molecule has 1 unspecified atom stereocenters. The molecule has 0 aliphatic heterocycles. The largest absolute Gasteiger partial charge is 0.263 e. The van der Waals surface area contributed by atoms with Gasteiger partial charge in [0.25, 0.3) is 0 Å². The molecule has 2 nitrogen and oxygen atoms in total. The SMILES string of the molecule is O=S(/C=C/c1ccsc1)c1cccnc1. The molecule has 0 aromatic carbocycles. The van der Waals surface area contributed by atoms with Crippen molar-refractivity contribution in [2.24, 2.45) is 0 Å². The van der Waals surface area contributed by atoms with Gasteiger partial charge in [0.05, 0.1) is 15.7 Å². The zero-order chi connectivity index (χ0) is 10.5. The first-order valence-electron chi connectivity index (χ1n) is 4.37. The lowest BCUT2D eigenvalue weighted by Crippen LogP contribution is -1.86. The molecule has 2 heterocycles. The Hall–Kier alpha value is -1.26. The predicted molar refractivity (Wildman–Crippen MR) is 64.0 cm³/mol. The van der Waals surface area contributed by atoms with Gasteiger partial charge >= 0.3 is 0 Å². The number of aromatic nitrogens is 1. The van der Waals surface area contributed by atoms with Gasteiger partial charge in [-0.15, -0.1) is 0 Å². The number of rotatable bonds is 3. The van der Waals surface area contributed by atoms with Gasteiger partial charge in [-0.25, -0.2) is 4.21 Å². The minimum atomic E-state index is -1.11. The molecule has 0 saturated heterocycles. The fraction of sp³-hybridized carbons (Fsp3) is 0. The average Bonchev–Trinajstić information content (AvgIpc) is 2.80. The minimum Gasteiger partial charge on any atom is -0.263 e. The van der Waals surface area contributed by atoms with Gasteiger partial charge in [0.1, 0.15) is 0 Å². The van der Waals surface area contributed by atoms with Gasteiger partial charge in [-0.1, -0.05) is 0 Å². The third kappa shape index (κ3) is 2.84. The second-order valence-electron chi connectivity index (χ2n) is 2.85. The van der Waals surface area contributed by atoms with E-state index in [9.17, 15) is 4.21 Å². The Bertz CT molecular complexity index is 463. The molecule has 0 fully saturated rings. The van der Waals surface area contributed by atoms with E-state index >= 15 is 0 Å². The summed E-state index contributed by atoms with van der Waals surface area (Å²) in [7, 11) is -1.11. The van der Waals surface area contributed by atoms with Crippen molar-refractivity contribution in [1.82, 2.24) is 4.98 Å². The third-order valence-corrected chi connectivity index (χ3v) is 3.58. The molecule has 0 saturated carbocycles. The molecule has 0 bridgehead atoms. The Morgan fingerprint density at radius 2 is 2.33 bits per heavy atom. The molecule has 2 rings (SSSR count). The Labute approximate surface area is 94.8 Å². The van der Waals surface area contributed by atoms with Crippen molar-refractivity contribution in [3.63, 3.8) is 0 Å². The van der Waals surface area contributed by atoms with Crippen LogP contribution in [0, 0.1) is 0 Å². The van der Waals surface area contributed by atoms with Crippen LogP contribution in [0.3, 0.4) is 0 Å². The highest BCUT2D eigenvalue weighted by Crippen LogP contribution is 2.11. The quantitative estimate of drug-likeness (QED) is 0.818. The van der Waals surface area contributed by atoms with Crippen LogP contribution in [-0.2, 0) is 10.8 Å². The highest BCUT2D eigenvalue weighted by molar-refractivity contribution is 7.88. The van der Waals surface area contributed by atoms with Crippen LogP contribution in [0.1, 0.15) is 5.56 Å². The van der Waals surface area contributed by atoms with Crippen LogP contribution in [0.25, 0.3) is 6.08 Å². The average molecular weight is 235 g/mol. The maximum Gasteiger partial charge on any atom is 0.0791 e. The lowest BCUT2D eigenvalue weighted by atomic mass is 10.3. The van der Waals surface area contributed by atoms with Crippen molar-refractivity contribution in [2.75, 3.05) is 0 Å². The molecular formula is C11H9NOS2. The summed E-state index contributed by atoms with van der Waals surface area (Å²) >= 11 is 1.62. The lowest BCUT2D eigenvalue weighted by molar-refractivity contribution is 0.688. The standard InChI is InChI=1S/C11H9NOS2/c13-15(11-2-1-5-12-8-11)7-4-10-3-6-14-9-10/h1-9H/b7-4+. The molecule has 0 radical (unpaired) electrons. The first kappa shape index (κ1) is 10.3. The third-order valence-electron chi connectivity index (χ3n) is 1.79. The molecule has 2 aromatic heterocycles. The highest BCUT2D eigenvalue weighted by atomic mass is 32.2. The number of hydrogen-bond donors (Lipinski definition) is 0. The molecule has 15 heavy (non-hydrogen) atoms. The van der Waals surface area contributed by atoms with Crippen LogP contribution in [0.4, 0.5) is 0 Å². The Morgan fingerprint density at radius 3 is 3.00 bits per heavy atom. The molecule has 0 N–H and O–H groups in total. The van der Waals surface area contributed by atoms with E-state index in [2.05, 4.69) is 4.98 Å². The van der Waals surface area contributed by atoms with Crippen molar-refractivity contribution in [1.29, 1.82) is 0 Å². The summed E-state index contributed by atoms with van der Waals surface area (Å²) in [5, 5.41) is 5.68. The second kappa shape index (κ2) is 5.00. The summed E-state index contributed by atoms with van der Waals surface area (Å²) in [5.74, 6) is 0. The van der Waals surface area contributed by atoms with E-state index in [1.807, 2.05) is 22.9 Å². The summed E-state index contributed by atoms with van der Waals surface area (Å²) in [6.07, 6.45) is 5.15. The maximum absolute atomic E-state index is 11.7. The fourth-order valence-electron chi connectivity index (χ4n) is 1.05. The summed E-state index contributed by atoms with van der Waals surface area (Å²) in [6, 6.07) is 5.58. The first-order valence-corrected chi connectivity index (χ1v) is 6.53. The van der Waals surface area contributed by atoms with Gasteiger partial charge in [0.15, 0.2) is 0 Å². The maximum atomic E-state index is 11.7. The van der Waals surface area contributed by atoms with Crippen molar-refractivity contribution < 1.29 is 4.21 Å². The first-order chi connectivity index (χ1) is 7.36. The second-order valence-corrected chi connectivity index (χ2v) is 4.96. The summed E-state index contributed by atoms with van der Waals surface area (Å²) in [5.41, 5.74) is 1.08. The predicted octanol–water partition coefficient (Wildman–Crippen LogP) is 2.92. The summed E-state index contributed by atoms with van der Waals surface area (Å²) in [4.78, 5) is 4.65. The Balaban J connectivity index is 2.11.